The first-order chi connectivity index (χ1) is 8.62. The van der Waals surface area contributed by atoms with Crippen LogP contribution in [0.4, 0.5) is 0 Å². The van der Waals surface area contributed by atoms with Crippen molar-refractivity contribution in [2.45, 2.75) is 25.9 Å². The molecule has 1 rings (SSSR count). The Hall–Kier alpha value is -1.55. The van der Waals surface area contributed by atoms with E-state index in [-0.39, 0.29) is 11.9 Å². The fourth-order valence-corrected chi connectivity index (χ4v) is 1.61. The molecule has 1 unspecified atom stereocenters. The van der Waals surface area contributed by atoms with Crippen molar-refractivity contribution in [3.05, 3.63) is 23.8 Å². The third-order valence-electron chi connectivity index (χ3n) is 2.89. The lowest BCUT2D eigenvalue weighted by Gasteiger charge is -2.10. The highest BCUT2D eigenvalue weighted by Crippen LogP contribution is 2.28. The Bertz CT molecular complexity index is 401. The highest BCUT2D eigenvalue weighted by molar-refractivity contribution is 5.96. The summed E-state index contributed by atoms with van der Waals surface area (Å²) in [4.78, 5) is 12.0. The average Bonchev–Trinajstić information content (AvgIpc) is 2.43. The van der Waals surface area contributed by atoms with E-state index in [1.54, 1.807) is 39.5 Å². The highest BCUT2D eigenvalue weighted by Gasteiger charge is 2.12. The first-order valence-corrected chi connectivity index (χ1v) is 5.90. The van der Waals surface area contributed by atoms with E-state index in [2.05, 4.69) is 0 Å². The maximum atomic E-state index is 12.0. The minimum Gasteiger partial charge on any atom is -0.493 e. The van der Waals surface area contributed by atoms with E-state index in [4.69, 9.17) is 14.2 Å². The summed E-state index contributed by atoms with van der Waals surface area (Å²) in [5.74, 6) is 1.28. The molecule has 0 aromatic heterocycles. The summed E-state index contributed by atoms with van der Waals surface area (Å²) in [6.07, 6.45) is 1.27. The average molecular weight is 252 g/mol. The van der Waals surface area contributed by atoms with Crippen molar-refractivity contribution in [3.63, 3.8) is 0 Å². The zero-order valence-corrected chi connectivity index (χ0v) is 11.4. The second-order valence-electron chi connectivity index (χ2n) is 4.08. The number of rotatable bonds is 7. The van der Waals surface area contributed by atoms with Crippen molar-refractivity contribution in [1.29, 1.82) is 0 Å². The van der Waals surface area contributed by atoms with Gasteiger partial charge >= 0.3 is 0 Å². The molecule has 1 atom stereocenters. The van der Waals surface area contributed by atoms with Gasteiger partial charge in [0.2, 0.25) is 0 Å². The standard InChI is InChI=1S/C14H20O4/c1-10(16-2)5-7-12(15)11-6-8-13(17-3)14(9-11)18-4/h6,8-10H,5,7H2,1-4H3. The second kappa shape index (κ2) is 7.01. The number of methoxy groups -OCH3 is 3. The predicted molar refractivity (Wildman–Crippen MR) is 69.6 cm³/mol. The van der Waals surface area contributed by atoms with Crippen LogP contribution in [0.25, 0.3) is 0 Å². The number of carbonyl (C=O) groups excluding carboxylic acids is 1. The van der Waals surface area contributed by atoms with Gasteiger partial charge in [0, 0.05) is 19.1 Å². The van der Waals surface area contributed by atoms with E-state index < -0.39 is 0 Å². The van der Waals surface area contributed by atoms with Crippen LogP contribution in [-0.4, -0.2) is 33.2 Å². The topological polar surface area (TPSA) is 44.8 Å². The van der Waals surface area contributed by atoms with Gasteiger partial charge in [0.05, 0.1) is 20.3 Å². The lowest BCUT2D eigenvalue weighted by molar-refractivity contribution is 0.0877. The first-order valence-electron chi connectivity index (χ1n) is 5.90. The van der Waals surface area contributed by atoms with Crippen molar-refractivity contribution in [2.75, 3.05) is 21.3 Å². The Morgan fingerprint density at radius 1 is 1.17 bits per heavy atom. The largest absolute Gasteiger partial charge is 0.493 e. The molecule has 0 aliphatic rings. The molecule has 0 aliphatic heterocycles. The van der Waals surface area contributed by atoms with Gasteiger partial charge < -0.3 is 14.2 Å². The van der Waals surface area contributed by atoms with Crippen molar-refractivity contribution in [2.24, 2.45) is 0 Å². The Balaban J connectivity index is 2.74. The first kappa shape index (κ1) is 14.5. The number of ketones is 1. The molecular weight excluding hydrogens is 232 g/mol. The number of hydrogen-bond donors (Lipinski definition) is 0. The molecule has 18 heavy (non-hydrogen) atoms. The van der Waals surface area contributed by atoms with Gasteiger partial charge in [0.15, 0.2) is 17.3 Å². The van der Waals surface area contributed by atoms with Crippen LogP contribution in [-0.2, 0) is 4.74 Å². The molecule has 100 valence electrons. The van der Waals surface area contributed by atoms with Crippen LogP contribution in [0, 0.1) is 0 Å². The predicted octanol–water partition coefficient (Wildman–Crippen LogP) is 2.70. The van der Waals surface area contributed by atoms with E-state index in [1.165, 1.54) is 0 Å². The van der Waals surface area contributed by atoms with Crippen molar-refractivity contribution in [1.82, 2.24) is 0 Å². The van der Waals surface area contributed by atoms with Gasteiger partial charge in [-0.3, -0.25) is 4.79 Å². The molecule has 0 aliphatic carbocycles. The summed E-state index contributed by atoms with van der Waals surface area (Å²) in [5, 5.41) is 0. The quantitative estimate of drug-likeness (QED) is 0.700. The van der Waals surface area contributed by atoms with Crippen molar-refractivity contribution in [3.8, 4) is 11.5 Å². The Labute approximate surface area is 108 Å². The lowest BCUT2D eigenvalue weighted by atomic mass is 10.0. The molecular formula is C14H20O4. The molecule has 0 heterocycles. The Morgan fingerprint density at radius 2 is 1.83 bits per heavy atom. The van der Waals surface area contributed by atoms with Gasteiger partial charge in [-0.15, -0.1) is 0 Å². The number of carbonyl (C=O) groups is 1. The Kier molecular flexibility index (Phi) is 5.65. The maximum absolute atomic E-state index is 12.0. The second-order valence-corrected chi connectivity index (χ2v) is 4.08. The summed E-state index contributed by atoms with van der Waals surface area (Å²) in [6.45, 7) is 1.95. The molecule has 0 saturated heterocycles. The fraction of sp³-hybridized carbons (Fsp3) is 0.500. The molecule has 0 radical (unpaired) electrons. The normalized spacial score (nSPS) is 12.0. The van der Waals surface area contributed by atoms with Crippen LogP contribution < -0.4 is 9.47 Å². The number of benzene rings is 1. The van der Waals surface area contributed by atoms with Gasteiger partial charge in [0.25, 0.3) is 0 Å². The lowest BCUT2D eigenvalue weighted by Crippen LogP contribution is -2.08. The number of hydrogen-bond acceptors (Lipinski definition) is 4. The zero-order valence-electron chi connectivity index (χ0n) is 11.4. The third kappa shape index (κ3) is 3.74. The molecule has 0 bridgehead atoms. The molecule has 4 nitrogen and oxygen atoms in total. The smallest absolute Gasteiger partial charge is 0.163 e. The van der Waals surface area contributed by atoms with Crippen LogP contribution >= 0.6 is 0 Å². The molecule has 4 heteroatoms. The minimum absolute atomic E-state index is 0.0832. The summed E-state index contributed by atoms with van der Waals surface area (Å²) in [7, 11) is 4.77. The number of Topliss-reactive ketones (excluding diaryl/α,β-unsaturated/α-hetero) is 1. The van der Waals surface area contributed by atoms with Crippen molar-refractivity contribution >= 4 is 5.78 Å². The van der Waals surface area contributed by atoms with Crippen LogP contribution in [0.5, 0.6) is 11.5 Å². The van der Waals surface area contributed by atoms with Crippen LogP contribution in [0.2, 0.25) is 0 Å². The third-order valence-corrected chi connectivity index (χ3v) is 2.89. The Morgan fingerprint density at radius 3 is 2.39 bits per heavy atom. The molecule has 0 N–H and O–H groups in total. The molecule has 1 aromatic carbocycles. The molecule has 0 saturated carbocycles. The summed E-state index contributed by atoms with van der Waals surface area (Å²) >= 11 is 0. The van der Waals surface area contributed by atoms with E-state index >= 15 is 0 Å². The van der Waals surface area contributed by atoms with Gasteiger partial charge in [0.1, 0.15) is 0 Å². The maximum Gasteiger partial charge on any atom is 0.163 e. The van der Waals surface area contributed by atoms with E-state index in [9.17, 15) is 4.79 Å². The summed E-state index contributed by atoms with van der Waals surface area (Å²) in [6, 6.07) is 5.20. The van der Waals surface area contributed by atoms with Crippen LogP contribution in [0.3, 0.4) is 0 Å². The van der Waals surface area contributed by atoms with E-state index in [1.807, 2.05) is 6.92 Å². The highest BCUT2D eigenvalue weighted by atomic mass is 16.5. The van der Waals surface area contributed by atoms with E-state index in [0.717, 1.165) is 0 Å². The van der Waals surface area contributed by atoms with Crippen LogP contribution in [0.15, 0.2) is 18.2 Å². The van der Waals surface area contributed by atoms with Crippen LogP contribution in [0.1, 0.15) is 30.1 Å². The fourth-order valence-electron chi connectivity index (χ4n) is 1.61. The monoisotopic (exact) mass is 252 g/mol. The minimum atomic E-state index is 0.0832. The molecule has 0 spiro atoms. The summed E-state index contributed by atoms with van der Waals surface area (Å²) < 4.78 is 15.4. The van der Waals surface area contributed by atoms with Gasteiger partial charge in [-0.1, -0.05) is 0 Å². The van der Waals surface area contributed by atoms with Gasteiger partial charge in [-0.25, -0.2) is 0 Å². The van der Waals surface area contributed by atoms with E-state index in [0.29, 0.717) is 29.9 Å². The zero-order chi connectivity index (χ0) is 13.5. The molecule has 0 amide bonds. The van der Waals surface area contributed by atoms with Crippen molar-refractivity contribution < 1.29 is 19.0 Å². The number of ether oxygens (including phenoxy) is 3. The molecule has 0 fully saturated rings. The molecule has 1 aromatic rings. The van der Waals surface area contributed by atoms with Gasteiger partial charge in [-0.05, 0) is 31.5 Å². The SMILES string of the molecule is COc1ccc(C(=O)CCC(C)OC)cc1OC. The summed E-state index contributed by atoms with van der Waals surface area (Å²) in [5.41, 5.74) is 0.635. The van der Waals surface area contributed by atoms with Gasteiger partial charge in [-0.2, -0.15) is 0 Å².